The van der Waals surface area contributed by atoms with Crippen LogP contribution < -0.4 is 0 Å². The first-order valence-electron chi connectivity index (χ1n) is 7.09. The maximum atomic E-state index is 10.5. The SMILES string of the molecule is CC1(C)C2CN(C3Cc4ccccc4C3O)CC21. The van der Waals surface area contributed by atoms with Gasteiger partial charge in [0.15, 0.2) is 0 Å². The fraction of sp³-hybridized carbons (Fsp3) is 0.625. The molecule has 1 aromatic carbocycles. The van der Waals surface area contributed by atoms with Gasteiger partial charge >= 0.3 is 0 Å². The summed E-state index contributed by atoms with van der Waals surface area (Å²) in [4.78, 5) is 2.53. The minimum atomic E-state index is -0.276. The van der Waals surface area contributed by atoms with Crippen molar-refractivity contribution in [1.82, 2.24) is 4.90 Å². The van der Waals surface area contributed by atoms with Gasteiger partial charge in [-0.3, -0.25) is 4.90 Å². The summed E-state index contributed by atoms with van der Waals surface area (Å²) in [5.74, 6) is 1.74. The second kappa shape index (κ2) is 3.37. The molecule has 1 heterocycles. The highest BCUT2D eigenvalue weighted by Gasteiger charge is 2.63. The molecule has 3 aliphatic rings. The molecule has 4 unspecified atom stereocenters. The smallest absolute Gasteiger partial charge is 0.0951 e. The van der Waals surface area contributed by atoms with Crippen molar-refractivity contribution in [2.75, 3.05) is 13.1 Å². The van der Waals surface area contributed by atoms with Crippen LogP contribution in [0.1, 0.15) is 31.1 Å². The largest absolute Gasteiger partial charge is 0.387 e. The molecular formula is C16H21NO. The molecule has 0 spiro atoms. The number of nitrogens with zero attached hydrogens (tertiary/aromatic N) is 1. The molecule has 1 N–H and O–H groups in total. The molecule has 2 aliphatic carbocycles. The molecule has 0 aromatic heterocycles. The van der Waals surface area contributed by atoms with E-state index < -0.39 is 0 Å². The van der Waals surface area contributed by atoms with Gasteiger partial charge in [0.2, 0.25) is 0 Å². The Balaban J connectivity index is 1.53. The topological polar surface area (TPSA) is 23.5 Å². The van der Waals surface area contributed by atoms with Gasteiger partial charge in [-0.1, -0.05) is 38.1 Å². The van der Waals surface area contributed by atoms with Crippen LogP contribution in [0.15, 0.2) is 24.3 Å². The van der Waals surface area contributed by atoms with E-state index in [4.69, 9.17) is 0 Å². The first-order valence-corrected chi connectivity index (χ1v) is 7.09. The Hall–Kier alpha value is -0.860. The lowest BCUT2D eigenvalue weighted by atomic mass is 10.0. The number of piperidine rings is 1. The maximum Gasteiger partial charge on any atom is 0.0951 e. The van der Waals surface area contributed by atoms with Crippen LogP contribution in [-0.4, -0.2) is 29.1 Å². The summed E-state index contributed by atoms with van der Waals surface area (Å²) < 4.78 is 0. The van der Waals surface area contributed by atoms with Crippen molar-refractivity contribution in [1.29, 1.82) is 0 Å². The molecule has 0 bridgehead atoms. The quantitative estimate of drug-likeness (QED) is 0.817. The molecule has 4 atom stereocenters. The van der Waals surface area contributed by atoms with Crippen LogP contribution in [0.5, 0.6) is 0 Å². The number of likely N-dealkylation sites (tertiary alicyclic amines) is 1. The Kier molecular flexibility index (Phi) is 2.06. The third-order valence-corrected chi connectivity index (χ3v) is 5.79. The summed E-state index contributed by atoms with van der Waals surface area (Å²) in [6.45, 7) is 7.15. The van der Waals surface area contributed by atoms with Gasteiger partial charge in [0.1, 0.15) is 0 Å². The Morgan fingerprint density at radius 1 is 1.17 bits per heavy atom. The van der Waals surface area contributed by atoms with Gasteiger partial charge in [-0.05, 0) is 34.8 Å². The molecule has 2 heteroatoms. The fourth-order valence-corrected chi connectivity index (χ4v) is 4.31. The third kappa shape index (κ3) is 1.31. The normalized spacial score (nSPS) is 40.6. The van der Waals surface area contributed by atoms with E-state index in [1.807, 2.05) is 6.07 Å². The summed E-state index contributed by atoms with van der Waals surface area (Å²) in [7, 11) is 0. The predicted molar refractivity (Wildman–Crippen MR) is 71.2 cm³/mol. The highest BCUT2D eigenvalue weighted by Crippen LogP contribution is 2.62. The summed E-state index contributed by atoms with van der Waals surface area (Å²) in [6, 6.07) is 8.69. The Morgan fingerprint density at radius 2 is 1.83 bits per heavy atom. The minimum absolute atomic E-state index is 0.276. The number of hydrogen-bond acceptors (Lipinski definition) is 2. The van der Waals surface area contributed by atoms with Crippen molar-refractivity contribution >= 4 is 0 Å². The summed E-state index contributed by atoms with van der Waals surface area (Å²) >= 11 is 0. The fourth-order valence-electron chi connectivity index (χ4n) is 4.31. The van der Waals surface area contributed by atoms with E-state index >= 15 is 0 Å². The lowest BCUT2D eigenvalue weighted by Crippen LogP contribution is -2.39. The molecule has 96 valence electrons. The van der Waals surface area contributed by atoms with Crippen molar-refractivity contribution in [3.8, 4) is 0 Å². The van der Waals surface area contributed by atoms with E-state index in [1.54, 1.807) is 0 Å². The standard InChI is InChI=1S/C16H21NO/c1-16(2)12-8-17(9-13(12)16)14-7-10-5-3-4-6-11(10)15(14)18/h3-6,12-15,18H,7-9H2,1-2H3. The zero-order chi connectivity index (χ0) is 12.5. The van der Waals surface area contributed by atoms with E-state index in [0.717, 1.165) is 23.8 Å². The van der Waals surface area contributed by atoms with Crippen molar-refractivity contribution in [2.45, 2.75) is 32.4 Å². The second-order valence-corrected chi connectivity index (χ2v) is 6.90. The van der Waals surface area contributed by atoms with E-state index in [1.165, 1.54) is 18.7 Å². The zero-order valence-electron chi connectivity index (χ0n) is 11.1. The van der Waals surface area contributed by atoms with E-state index in [-0.39, 0.29) is 6.10 Å². The molecule has 1 aliphatic heterocycles. The van der Waals surface area contributed by atoms with E-state index in [2.05, 4.69) is 36.9 Å². The first-order chi connectivity index (χ1) is 8.59. The molecule has 0 radical (unpaired) electrons. The van der Waals surface area contributed by atoms with Crippen LogP contribution in [0.3, 0.4) is 0 Å². The van der Waals surface area contributed by atoms with Gasteiger partial charge in [-0.2, -0.15) is 0 Å². The van der Waals surface area contributed by atoms with Gasteiger partial charge < -0.3 is 5.11 Å². The van der Waals surface area contributed by atoms with Gasteiger partial charge in [-0.15, -0.1) is 0 Å². The maximum absolute atomic E-state index is 10.5. The van der Waals surface area contributed by atoms with Crippen LogP contribution in [0.25, 0.3) is 0 Å². The number of aliphatic hydroxyl groups is 1. The lowest BCUT2D eigenvalue weighted by Gasteiger charge is -2.30. The molecule has 1 saturated carbocycles. The van der Waals surface area contributed by atoms with E-state index in [9.17, 15) is 5.11 Å². The number of fused-ring (bicyclic) bond motifs is 2. The van der Waals surface area contributed by atoms with Crippen LogP contribution in [0.2, 0.25) is 0 Å². The number of aliphatic hydroxyl groups excluding tert-OH is 1. The molecule has 0 amide bonds. The Bertz CT molecular complexity index is 482. The highest BCUT2D eigenvalue weighted by molar-refractivity contribution is 5.36. The highest BCUT2D eigenvalue weighted by atomic mass is 16.3. The van der Waals surface area contributed by atoms with Gasteiger partial charge in [0.05, 0.1) is 6.10 Å². The molecule has 1 saturated heterocycles. The Labute approximate surface area is 109 Å². The predicted octanol–water partition coefficient (Wildman–Crippen LogP) is 2.23. The molecule has 1 aromatic rings. The molecular weight excluding hydrogens is 222 g/mol. The number of benzene rings is 1. The second-order valence-electron chi connectivity index (χ2n) is 6.90. The summed E-state index contributed by atoms with van der Waals surface area (Å²) in [5, 5.41) is 10.5. The monoisotopic (exact) mass is 243 g/mol. The van der Waals surface area contributed by atoms with E-state index in [0.29, 0.717) is 11.5 Å². The molecule has 4 rings (SSSR count). The van der Waals surface area contributed by atoms with Crippen LogP contribution >= 0.6 is 0 Å². The minimum Gasteiger partial charge on any atom is -0.387 e. The van der Waals surface area contributed by atoms with Crippen LogP contribution in [0, 0.1) is 17.3 Å². The lowest BCUT2D eigenvalue weighted by molar-refractivity contribution is 0.0614. The molecule has 18 heavy (non-hydrogen) atoms. The first kappa shape index (κ1) is 11.0. The zero-order valence-corrected chi connectivity index (χ0v) is 11.1. The van der Waals surface area contributed by atoms with Crippen molar-refractivity contribution in [2.24, 2.45) is 17.3 Å². The third-order valence-electron chi connectivity index (χ3n) is 5.79. The van der Waals surface area contributed by atoms with Gasteiger partial charge in [0, 0.05) is 19.1 Å². The average Bonchev–Trinajstić information content (AvgIpc) is 2.79. The number of hydrogen-bond donors (Lipinski definition) is 1. The summed E-state index contributed by atoms with van der Waals surface area (Å²) in [5.41, 5.74) is 3.06. The van der Waals surface area contributed by atoms with Gasteiger partial charge in [0.25, 0.3) is 0 Å². The van der Waals surface area contributed by atoms with Crippen LogP contribution in [0.4, 0.5) is 0 Å². The van der Waals surface area contributed by atoms with Crippen molar-refractivity contribution in [3.63, 3.8) is 0 Å². The average molecular weight is 243 g/mol. The Morgan fingerprint density at radius 3 is 2.50 bits per heavy atom. The van der Waals surface area contributed by atoms with Gasteiger partial charge in [-0.25, -0.2) is 0 Å². The summed E-state index contributed by atoms with van der Waals surface area (Å²) in [6.07, 6.45) is 0.749. The van der Waals surface area contributed by atoms with Crippen molar-refractivity contribution < 1.29 is 5.11 Å². The van der Waals surface area contributed by atoms with Crippen molar-refractivity contribution in [3.05, 3.63) is 35.4 Å². The molecule has 2 fully saturated rings. The molecule has 2 nitrogen and oxygen atoms in total. The number of rotatable bonds is 1. The van der Waals surface area contributed by atoms with Crippen LogP contribution in [-0.2, 0) is 6.42 Å².